The second-order valence-corrected chi connectivity index (χ2v) is 6.30. The molecule has 0 aromatic heterocycles. The van der Waals surface area contributed by atoms with E-state index in [2.05, 4.69) is 29.3 Å². The third-order valence-electron chi connectivity index (χ3n) is 4.84. The molecule has 0 spiro atoms. The molecular formula is C17H26N2O2. The van der Waals surface area contributed by atoms with Gasteiger partial charge in [-0.05, 0) is 49.4 Å². The Kier molecular flexibility index (Phi) is 4.36. The van der Waals surface area contributed by atoms with Crippen molar-refractivity contribution < 1.29 is 9.47 Å². The predicted octanol–water partition coefficient (Wildman–Crippen LogP) is 2.34. The van der Waals surface area contributed by atoms with Gasteiger partial charge in [-0.2, -0.15) is 0 Å². The van der Waals surface area contributed by atoms with Crippen LogP contribution in [0.1, 0.15) is 30.4 Å². The Balaban J connectivity index is 1.75. The molecule has 1 aromatic rings. The van der Waals surface area contributed by atoms with Crippen LogP contribution in [0.4, 0.5) is 0 Å². The second-order valence-electron chi connectivity index (χ2n) is 6.30. The fourth-order valence-electron chi connectivity index (χ4n) is 3.59. The molecule has 0 aliphatic carbocycles. The molecule has 2 bridgehead atoms. The lowest BCUT2D eigenvalue weighted by Crippen LogP contribution is -2.35. The van der Waals surface area contributed by atoms with Crippen molar-refractivity contribution in [2.75, 3.05) is 27.3 Å². The van der Waals surface area contributed by atoms with E-state index in [1.54, 1.807) is 14.2 Å². The van der Waals surface area contributed by atoms with Gasteiger partial charge < -0.3 is 14.8 Å². The lowest BCUT2D eigenvalue weighted by atomic mass is 10.0. The van der Waals surface area contributed by atoms with Gasteiger partial charge in [0.25, 0.3) is 0 Å². The molecule has 2 aliphatic heterocycles. The van der Waals surface area contributed by atoms with Crippen molar-refractivity contribution in [2.45, 2.75) is 44.8 Å². The van der Waals surface area contributed by atoms with Gasteiger partial charge in [0, 0.05) is 31.7 Å². The van der Waals surface area contributed by atoms with Gasteiger partial charge in [-0.25, -0.2) is 0 Å². The van der Waals surface area contributed by atoms with Crippen molar-refractivity contribution in [1.29, 1.82) is 0 Å². The first-order valence-corrected chi connectivity index (χ1v) is 7.89. The summed E-state index contributed by atoms with van der Waals surface area (Å²) in [5.41, 5.74) is 2.61. The summed E-state index contributed by atoms with van der Waals surface area (Å²) >= 11 is 0. The molecule has 116 valence electrons. The Morgan fingerprint density at radius 2 is 1.81 bits per heavy atom. The highest BCUT2D eigenvalue weighted by Crippen LogP contribution is 2.31. The summed E-state index contributed by atoms with van der Waals surface area (Å²) < 4.78 is 10.8. The molecule has 0 saturated carbocycles. The number of rotatable bonds is 4. The minimum atomic E-state index is 0.679. The number of aryl methyl sites for hydroxylation is 1. The van der Waals surface area contributed by atoms with Crippen molar-refractivity contribution in [1.82, 2.24) is 10.2 Å². The number of nitrogens with zero attached hydrogens (tertiary/aromatic N) is 1. The maximum Gasteiger partial charge on any atom is 0.161 e. The molecule has 2 heterocycles. The van der Waals surface area contributed by atoms with E-state index in [1.165, 1.54) is 36.9 Å². The first-order valence-electron chi connectivity index (χ1n) is 7.89. The van der Waals surface area contributed by atoms with Gasteiger partial charge in [0.05, 0.1) is 14.2 Å². The molecule has 2 aliphatic rings. The lowest BCUT2D eigenvalue weighted by Gasteiger charge is -2.25. The Labute approximate surface area is 127 Å². The zero-order valence-electron chi connectivity index (χ0n) is 13.3. The number of hydrogen-bond donors (Lipinski definition) is 1. The molecule has 0 amide bonds. The molecule has 4 nitrogen and oxygen atoms in total. The molecular weight excluding hydrogens is 264 g/mol. The van der Waals surface area contributed by atoms with Crippen molar-refractivity contribution in [3.8, 4) is 11.5 Å². The number of methoxy groups -OCH3 is 2. The van der Waals surface area contributed by atoms with Crippen LogP contribution in [0, 0.1) is 6.92 Å². The normalized spacial score (nSPS) is 25.7. The summed E-state index contributed by atoms with van der Waals surface area (Å²) in [6, 6.07) is 5.63. The highest BCUT2D eigenvalue weighted by atomic mass is 16.5. The van der Waals surface area contributed by atoms with E-state index in [4.69, 9.17) is 9.47 Å². The van der Waals surface area contributed by atoms with Crippen molar-refractivity contribution in [3.05, 3.63) is 23.3 Å². The second kappa shape index (κ2) is 6.24. The SMILES string of the molecule is COc1cc(C)c(CN2CCC3CCC(C2)N3)cc1OC. The Hall–Kier alpha value is -1.26. The molecule has 21 heavy (non-hydrogen) atoms. The first-order chi connectivity index (χ1) is 10.2. The van der Waals surface area contributed by atoms with Gasteiger partial charge in [0.1, 0.15) is 0 Å². The van der Waals surface area contributed by atoms with E-state index >= 15 is 0 Å². The topological polar surface area (TPSA) is 33.7 Å². The van der Waals surface area contributed by atoms with Crippen molar-refractivity contribution in [3.63, 3.8) is 0 Å². The highest BCUT2D eigenvalue weighted by molar-refractivity contribution is 5.47. The number of fused-ring (bicyclic) bond motifs is 2. The van der Waals surface area contributed by atoms with Crippen LogP contribution in [0.2, 0.25) is 0 Å². The molecule has 1 N–H and O–H groups in total. The molecule has 2 saturated heterocycles. The predicted molar refractivity (Wildman–Crippen MR) is 84.1 cm³/mol. The van der Waals surface area contributed by atoms with E-state index in [0.717, 1.165) is 30.6 Å². The molecule has 2 unspecified atom stereocenters. The van der Waals surface area contributed by atoms with Crippen LogP contribution in [-0.2, 0) is 6.54 Å². The molecule has 2 fully saturated rings. The van der Waals surface area contributed by atoms with Gasteiger partial charge in [0.15, 0.2) is 11.5 Å². The van der Waals surface area contributed by atoms with Crippen LogP contribution in [0.3, 0.4) is 0 Å². The van der Waals surface area contributed by atoms with Gasteiger partial charge in [0.2, 0.25) is 0 Å². The summed E-state index contributed by atoms with van der Waals surface area (Å²) in [6.07, 6.45) is 3.95. The Morgan fingerprint density at radius 1 is 1.10 bits per heavy atom. The fraction of sp³-hybridized carbons (Fsp3) is 0.647. The van der Waals surface area contributed by atoms with E-state index < -0.39 is 0 Å². The number of nitrogens with one attached hydrogen (secondary N) is 1. The van der Waals surface area contributed by atoms with Crippen LogP contribution in [-0.4, -0.2) is 44.3 Å². The first kappa shape index (κ1) is 14.7. The average Bonchev–Trinajstić information content (AvgIpc) is 2.82. The fourth-order valence-corrected chi connectivity index (χ4v) is 3.59. The van der Waals surface area contributed by atoms with Gasteiger partial charge in [-0.1, -0.05) is 0 Å². The van der Waals surface area contributed by atoms with Crippen LogP contribution in [0.5, 0.6) is 11.5 Å². The Morgan fingerprint density at radius 3 is 2.57 bits per heavy atom. The summed E-state index contributed by atoms with van der Waals surface area (Å²) in [5.74, 6) is 1.64. The minimum absolute atomic E-state index is 0.679. The minimum Gasteiger partial charge on any atom is -0.493 e. The maximum atomic E-state index is 5.44. The Bertz CT molecular complexity index is 504. The summed E-state index contributed by atoms with van der Waals surface area (Å²) in [5, 5.41) is 3.74. The van der Waals surface area contributed by atoms with E-state index in [9.17, 15) is 0 Å². The van der Waals surface area contributed by atoms with Gasteiger partial charge in [-0.3, -0.25) is 4.90 Å². The maximum absolute atomic E-state index is 5.44. The summed E-state index contributed by atoms with van der Waals surface area (Å²) in [6.45, 7) is 5.49. The van der Waals surface area contributed by atoms with E-state index in [0.29, 0.717) is 6.04 Å². The van der Waals surface area contributed by atoms with Crippen molar-refractivity contribution >= 4 is 0 Å². The zero-order valence-corrected chi connectivity index (χ0v) is 13.3. The quantitative estimate of drug-likeness (QED) is 0.923. The van der Waals surface area contributed by atoms with Crippen LogP contribution >= 0.6 is 0 Å². The molecule has 2 atom stereocenters. The smallest absolute Gasteiger partial charge is 0.161 e. The molecule has 1 aromatic carbocycles. The monoisotopic (exact) mass is 290 g/mol. The van der Waals surface area contributed by atoms with Gasteiger partial charge in [-0.15, -0.1) is 0 Å². The van der Waals surface area contributed by atoms with Crippen molar-refractivity contribution in [2.24, 2.45) is 0 Å². The molecule has 0 radical (unpaired) electrons. The zero-order chi connectivity index (χ0) is 14.8. The average molecular weight is 290 g/mol. The standard InChI is InChI=1S/C17H26N2O2/c1-12-8-16(20-2)17(21-3)9-13(12)10-19-7-6-14-4-5-15(11-19)18-14/h8-9,14-15,18H,4-7,10-11H2,1-3H3. The molecule has 4 heteroatoms. The third kappa shape index (κ3) is 3.16. The molecule has 3 rings (SSSR count). The van der Waals surface area contributed by atoms with Crippen LogP contribution < -0.4 is 14.8 Å². The number of benzene rings is 1. The van der Waals surface area contributed by atoms with Gasteiger partial charge >= 0.3 is 0 Å². The van der Waals surface area contributed by atoms with E-state index in [-0.39, 0.29) is 0 Å². The number of hydrogen-bond acceptors (Lipinski definition) is 4. The van der Waals surface area contributed by atoms with Crippen LogP contribution in [0.15, 0.2) is 12.1 Å². The van der Waals surface area contributed by atoms with E-state index in [1.807, 2.05) is 0 Å². The highest BCUT2D eigenvalue weighted by Gasteiger charge is 2.29. The number of likely N-dealkylation sites (tertiary alicyclic amines) is 1. The van der Waals surface area contributed by atoms with Crippen LogP contribution in [0.25, 0.3) is 0 Å². The lowest BCUT2D eigenvalue weighted by molar-refractivity contribution is 0.250. The summed E-state index contributed by atoms with van der Waals surface area (Å²) in [7, 11) is 3.39. The number of ether oxygens (including phenoxy) is 2. The third-order valence-corrected chi connectivity index (χ3v) is 4.84. The summed E-state index contributed by atoms with van der Waals surface area (Å²) in [4.78, 5) is 2.57. The largest absolute Gasteiger partial charge is 0.493 e.